The van der Waals surface area contributed by atoms with Crippen molar-refractivity contribution >= 4 is 17.5 Å². The molecule has 0 aromatic heterocycles. The third-order valence-electron chi connectivity index (χ3n) is 3.20. The van der Waals surface area contributed by atoms with Crippen molar-refractivity contribution < 1.29 is 9.59 Å². The largest absolute Gasteiger partial charge is 0.398 e. The molecule has 5 nitrogen and oxygen atoms in total. The lowest BCUT2D eigenvalue weighted by Crippen LogP contribution is -2.45. The van der Waals surface area contributed by atoms with Crippen molar-refractivity contribution in [3.05, 3.63) is 29.3 Å². The summed E-state index contributed by atoms with van der Waals surface area (Å²) in [6, 6.07) is 5.02. The second kappa shape index (κ2) is 5.30. The lowest BCUT2D eigenvalue weighted by atomic mass is 10.1. The van der Waals surface area contributed by atoms with Crippen LogP contribution >= 0.6 is 0 Å². The van der Waals surface area contributed by atoms with E-state index in [1.54, 1.807) is 19.1 Å². The van der Waals surface area contributed by atoms with Gasteiger partial charge in [-0.2, -0.15) is 0 Å². The van der Waals surface area contributed by atoms with E-state index in [1.165, 1.54) is 0 Å². The Bertz CT molecular complexity index is 489. The zero-order chi connectivity index (χ0) is 14.0. The van der Waals surface area contributed by atoms with Crippen LogP contribution in [-0.2, 0) is 4.79 Å². The maximum Gasteiger partial charge on any atom is 0.254 e. The topological polar surface area (TPSA) is 84.2 Å². The van der Waals surface area contributed by atoms with Gasteiger partial charge in [-0.05, 0) is 38.3 Å². The van der Waals surface area contributed by atoms with E-state index in [4.69, 9.17) is 5.73 Å². The van der Waals surface area contributed by atoms with Gasteiger partial charge < -0.3 is 16.4 Å². The van der Waals surface area contributed by atoms with Crippen molar-refractivity contribution in [2.24, 2.45) is 0 Å². The number of nitrogens with one attached hydrogen (secondary N) is 2. The smallest absolute Gasteiger partial charge is 0.254 e. The molecule has 0 bridgehead atoms. The van der Waals surface area contributed by atoms with Crippen molar-refractivity contribution in [1.29, 1.82) is 0 Å². The van der Waals surface area contributed by atoms with Gasteiger partial charge in [0.1, 0.15) is 6.04 Å². The zero-order valence-electron chi connectivity index (χ0n) is 11.2. The van der Waals surface area contributed by atoms with Crippen LogP contribution < -0.4 is 16.4 Å². The molecule has 1 aliphatic rings. The van der Waals surface area contributed by atoms with Crippen LogP contribution in [0.3, 0.4) is 0 Å². The molecule has 2 rings (SSSR count). The zero-order valence-corrected chi connectivity index (χ0v) is 11.2. The average Bonchev–Trinajstić information content (AvgIpc) is 3.12. The first kappa shape index (κ1) is 13.4. The van der Waals surface area contributed by atoms with Gasteiger partial charge in [-0.25, -0.2) is 0 Å². The average molecular weight is 261 g/mol. The van der Waals surface area contributed by atoms with Crippen LogP contribution in [0.15, 0.2) is 18.2 Å². The molecule has 0 spiro atoms. The van der Waals surface area contributed by atoms with Gasteiger partial charge in [0.25, 0.3) is 5.91 Å². The summed E-state index contributed by atoms with van der Waals surface area (Å²) in [7, 11) is 0. The minimum absolute atomic E-state index is 0.150. The number of rotatable bonds is 4. The fourth-order valence-corrected chi connectivity index (χ4v) is 1.89. The van der Waals surface area contributed by atoms with Crippen LogP contribution in [0.25, 0.3) is 0 Å². The molecule has 1 fully saturated rings. The van der Waals surface area contributed by atoms with Crippen LogP contribution in [-0.4, -0.2) is 23.9 Å². The second-order valence-electron chi connectivity index (χ2n) is 5.02. The Morgan fingerprint density at radius 3 is 2.63 bits per heavy atom. The summed E-state index contributed by atoms with van der Waals surface area (Å²) in [5.41, 5.74) is 7.46. The van der Waals surface area contributed by atoms with Crippen LogP contribution in [0.4, 0.5) is 5.69 Å². The van der Waals surface area contributed by atoms with Crippen LogP contribution in [0, 0.1) is 6.92 Å². The SMILES string of the molecule is Cc1cccc(N)c1C(=O)NC(C)C(=O)NC1CC1. The van der Waals surface area contributed by atoms with Crippen molar-refractivity contribution in [1.82, 2.24) is 10.6 Å². The summed E-state index contributed by atoms with van der Waals surface area (Å²) in [5, 5.41) is 5.53. The molecule has 1 atom stereocenters. The Labute approximate surface area is 112 Å². The molecule has 1 unspecified atom stereocenters. The summed E-state index contributed by atoms with van der Waals surface area (Å²) in [5.74, 6) is -0.461. The molecule has 1 aliphatic carbocycles. The minimum atomic E-state index is -0.563. The number of benzene rings is 1. The first-order valence-electron chi connectivity index (χ1n) is 6.45. The normalized spacial score (nSPS) is 15.7. The number of hydrogen-bond donors (Lipinski definition) is 3. The van der Waals surface area contributed by atoms with E-state index in [2.05, 4.69) is 10.6 Å². The number of hydrogen-bond acceptors (Lipinski definition) is 3. The standard InChI is InChI=1S/C14H19N3O2/c1-8-4-3-5-11(15)12(8)14(19)16-9(2)13(18)17-10-6-7-10/h3-5,9-10H,6-7,15H2,1-2H3,(H,16,19)(H,17,18). The van der Waals surface area contributed by atoms with Crippen LogP contribution in [0.1, 0.15) is 35.7 Å². The van der Waals surface area contributed by atoms with Crippen molar-refractivity contribution in [3.63, 3.8) is 0 Å². The molecule has 0 radical (unpaired) electrons. The number of carbonyl (C=O) groups is 2. The summed E-state index contributed by atoms with van der Waals surface area (Å²) in [6.45, 7) is 3.49. The van der Waals surface area contributed by atoms with E-state index in [0.717, 1.165) is 18.4 Å². The van der Waals surface area contributed by atoms with Crippen molar-refractivity contribution in [2.75, 3.05) is 5.73 Å². The van der Waals surface area contributed by atoms with Gasteiger partial charge in [-0.3, -0.25) is 9.59 Å². The van der Waals surface area contributed by atoms with Gasteiger partial charge in [0.05, 0.1) is 5.56 Å². The third-order valence-corrected chi connectivity index (χ3v) is 3.20. The fraction of sp³-hybridized carbons (Fsp3) is 0.429. The number of carbonyl (C=O) groups excluding carboxylic acids is 2. The number of aryl methyl sites for hydroxylation is 1. The highest BCUT2D eigenvalue weighted by Crippen LogP contribution is 2.19. The van der Waals surface area contributed by atoms with Gasteiger partial charge in [0.15, 0.2) is 0 Å². The highest BCUT2D eigenvalue weighted by molar-refractivity contribution is 6.02. The summed E-state index contributed by atoms with van der Waals surface area (Å²) in [4.78, 5) is 23.9. The lowest BCUT2D eigenvalue weighted by molar-refractivity contribution is -0.122. The number of nitrogen functional groups attached to an aromatic ring is 1. The molecule has 2 amide bonds. The second-order valence-corrected chi connectivity index (χ2v) is 5.02. The Balaban J connectivity index is 2.01. The molecular weight excluding hydrogens is 242 g/mol. The predicted octanol–water partition coefficient (Wildman–Crippen LogP) is 0.974. The van der Waals surface area contributed by atoms with Gasteiger partial charge in [0.2, 0.25) is 5.91 Å². The fourth-order valence-electron chi connectivity index (χ4n) is 1.89. The number of amides is 2. The molecule has 19 heavy (non-hydrogen) atoms. The Morgan fingerprint density at radius 2 is 2.05 bits per heavy atom. The number of anilines is 1. The highest BCUT2D eigenvalue weighted by atomic mass is 16.2. The van der Waals surface area contributed by atoms with Crippen molar-refractivity contribution in [3.8, 4) is 0 Å². The predicted molar refractivity (Wildman–Crippen MR) is 73.7 cm³/mol. The van der Waals surface area contributed by atoms with Crippen LogP contribution in [0.5, 0.6) is 0 Å². The molecule has 0 heterocycles. The Hall–Kier alpha value is -2.04. The van der Waals surface area contributed by atoms with E-state index in [1.807, 2.05) is 13.0 Å². The molecule has 1 aromatic rings. The van der Waals surface area contributed by atoms with Crippen LogP contribution in [0.2, 0.25) is 0 Å². The Kier molecular flexibility index (Phi) is 3.74. The molecule has 0 saturated heterocycles. The highest BCUT2D eigenvalue weighted by Gasteiger charge is 2.26. The summed E-state index contributed by atoms with van der Waals surface area (Å²) in [6.07, 6.45) is 2.05. The lowest BCUT2D eigenvalue weighted by Gasteiger charge is -2.15. The molecule has 4 N–H and O–H groups in total. The van der Waals surface area contributed by atoms with Gasteiger partial charge in [0, 0.05) is 11.7 Å². The van der Waals surface area contributed by atoms with E-state index in [0.29, 0.717) is 11.3 Å². The maximum atomic E-state index is 12.1. The minimum Gasteiger partial charge on any atom is -0.398 e. The van der Waals surface area contributed by atoms with Crippen molar-refractivity contribution in [2.45, 2.75) is 38.8 Å². The van der Waals surface area contributed by atoms with Gasteiger partial charge in [-0.1, -0.05) is 12.1 Å². The molecular formula is C14H19N3O2. The number of nitrogens with two attached hydrogens (primary N) is 1. The third kappa shape index (κ3) is 3.24. The van der Waals surface area contributed by atoms with Gasteiger partial charge >= 0.3 is 0 Å². The van der Waals surface area contributed by atoms with Gasteiger partial charge in [-0.15, -0.1) is 0 Å². The molecule has 1 saturated carbocycles. The monoisotopic (exact) mass is 261 g/mol. The van der Waals surface area contributed by atoms with E-state index < -0.39 is 6.04 Å². The first-order valence-corrected chi connectivity index (χ1v) is 6.45. The van der Waals surface area contributed by atoms with E-state index >= 15 is 0 Å². The van der Waals surface area contributed by atoms with E-state index in [-0.39, 0.29) is 17.9 Å². The Morgan fingerprint density at radius 1 is 1.37 bits per heavy atom. The molecule has 5 heteroatoms. The molecule has 102 valence electrons. The maximum absolute atomic E-state index is 12.1. The summed E-state index contributed by atoms with van der Waals surface area (Å²) < 4.78 is 0. The molecule has 1 aromatic carbocycles. The molecule has 0 aliphatic heterocycles. The quantitative estimate of drug-likeness (QED) is 0.706. The van der Waals surface area contributed by atoms with E-state index in [9.17, 15) is 9.59 Å². The summed E-state index contributed by atoms with van der Waals surface area (Å²) >= 11 is 0. The first-order chi connectivity index (χ1) is 8.99.